The number of carbonyl (C=O) groups is 3. The lowest BCUT2D eigenvalue weighted by Gasteiger charge is -2.08. The van der Waals surface area contributed by atoms with E-state index >= 15 is 0 Å². The number of nitrogens with one attached hydrogen (secondary N) is 2. The van der Waals surface area contributed by atoms with Gasteiger partial charge in [0.1, 0.15) is 13.1 Å². The minimum atomic E-state index is -0.543. The number of hydrogen-bond acceptors (Lipinski definition) is 4. The largest absolute Gasteiger partial charge is 0.468 e. The van der Waals surface area contributed by atoms with Crippen molar-refractivity contribution >= 4 is 28.7 Å². The molecule has 7 nitrogen and oxygen atoms in total. The number of fused-ring (bicyclic) bond motifs is 1. The van der Waals surface area contributed by atoms with Crippen molar-refractivity contribution < 1.29 is 19.1 Å². The van der Waals surface area contributed by atoms with E-state index < -0.39 is 11.9 Å². The number of carbonyl (C=O) groups excluding carboxylic acids is 3. The second-order valence-electron chi connectivity index (χ2n) is 4.63. The Hall–Kier alpha value is -2.83. The van der Waals surface area contributed by atoms with Crippen molar-refractivity contribution in [2.75, 3.05) is 20.2 Å². The molecule has 1 heterocycles. The number of ether oxygens (including phenoxy) is 1. The third kappa shape index (κ3) is 4.08. The molecule has 0 aliphatic heterocycles. The lowest BCUT2D eigenvalue weighted by atomic mass is 10.2. The first-order chi connectivity index (χ1) is 10.6. The van der Waals surface area contributed by atoms with Crippen LogP contribution in [0.1, 0.15) is 0 Å². The Morgan fingerprint density at radius 1 is 1.05 bits per heavy atom. The number of benzene rings is 1. The fourth-order valence-electron chi connectivity index (χ4n) is 1.97. The van der Waals surface area contributed by atoms with Gasteiger partial charge in [0, 0.05) is 11.7 Å². The molecule has 1 aromatic heterocycles. The van der Waals surface area contributed by atoms with E-state index in [1.165, 1.54) is 7.11 Å². The van der Waals surface area contributed by atoms with Crippen LogP contribution in [-0.2, 0) is 25.7 Å². The molecule has 7 heteroatoms. The molecule has 2 rings (SSSR count). The van der Waals surface area contributed by atoms with E-state index in [9.17, 15) is 14.4 Å². The number of amides is 2. The van der Waals surface area contributed by atoms with Crippen molar-refractivity contribution in [2.45, 2.75) is 6.54 Å². The van der Waals surface area contributed by atoms with Crippen LogP contribution in [0.15, 0.2) is 36.5 Å². The van der Waals surface area contributed by atoms with E-state index in [1.54, 1.807) is 4.57 Å². The normalized spacial score (nSPS) is 10.2. The van der Waals surface area contributed by atoms with Gasteiger partial charge in [0.15, 0.2) is 0 Å². The smallest absolute Gasteiger partial charge is 0.325 e. The Kier molecular flexibility index (Phi) is 5.13. The predicted molar refractivity (Wildman–Crippen MR) is 80.0 cm³/mol. The molecular weight excluding hydrogens is 286 g/mol. The van der Waals surface area contributed by atoms with Gasteiger partial charge in [-0.15, -0.1) is 0 Å². The number of hydrogen-bond donors (Lipinski definition) is 2. The highest BCUT2D eigenvalue weighted by Gasteiger charge is 2.09. The SMILES string of the molecule is COC(=O)CNC(=O)CNC(=O)Cn1ccc2ccccc21. The summed E-state index contributed by atoms with van der Waals surface area (Å²) in [5.74, 6) is -1.27. The van der Waals surface area contributed by atoms with E-state index in [0.29, 0.717) is 0 Å². The molecule has 1 aromatic carbocycles. The van der Waals surface area contributed by atoms with Crippen LogP contribution in [-0.4, -0.2) is 42.6 Å². The molecular formula is C15H17N3O4. The number of esters is 1. The van der Waals surface area contributed by atoms with Crippen LogP contribution in [0.3, 0.4) is 0 Å². The summed E-state index contributed by atoms with van der Waals surface area (Å²) in [6.45, 7) is -0.278. The van der Waals surface area contributed by atoms with Crippen LogP contribution in [0.5, 0.6) is 0 Å². The molecule has 22 heavy (non-hydrogen) atoms. The van der Waals surface area contributed by atoms with Gasteiger partial charge in [-0.25, -0.2) is 0 Å². The van der Waals surface area contributed by atoms with Crippen molar-refractivity contribution in [1.82, 2.24) is 15.2 Å². The van der Waals surface area contributed by atoms with Crippen LogP contribution in [0.25, 0.3) is 10.9 Å². The predicted octanol–water partition coefficient (Wildman–Crippen LogP) is 0.0467. The van der Waals surface area contributed by atoms with Gasteiger partial charge in [0.2, 0.25) is 11.8 Å². The highest BCUT2D eigenvalue weighted by Crippen LogP contribution is 2.14. The molecule has 0 atom stereocenters. The summed E-state index contributed by atoms with van der Waals surface area (Å²) in [6, 6.07) is 9.64. The number of nitrogens with zero attached hydrogens (tertiary/aromatic N) is 1. The summed E-state index contributed by atoms with van der Waals surface area (Å²) in [4.78, 5) is 34.2. The third-order valence-corrected chi connectivity index (χ3v) is 3.10. The van der Waals surface area contributed by atoms with Gasteiger partial charge in [-0.05, 0) is 17.5 Å². The van der Waals surface area contributed by atoms with Gasteiger partial charge in [-0.1, -0.05) is 18.2 Å². The molecule has 2 N–H and O–H groups in total. The van der Waals surface area contributed by atoms with Crippen LogP contribution >= 0.6 is 0 Å². The van der Waals surface area contributed by atoms with Crippen LogP contribution in [0, 0.1) is 0 Å². The number of rotatable bonds is 6. The summed E-state index contributed by atoms with van der Waals surface area (Å²) in [5, 5.41) is 5.89. The average molecular weight is 303 g/mol. The van der Waals surface area contributed by atoms with E-state index in [-0.39, 0.29) is 25.5 Å². The van der Waals surface area contributed by atoms with Crippen LogP contribution in [0.2, 0.25) is 0 Å². The monoisotopic (exact) mass is 303 g/mol. The van der Waals surface area contributed by atoms with E-state index in [2.05, 4.69) is 15.4 Å². The molecule has 0 saturated carbocycles. The molecule has 0 saturated heterocycles. The lowest BCUT2D eigenvalue weighted by molar-refractivity contribution is -0.141. The van der Waals surface area contributed by atoms with Crippen molar-refractivity contribution in [3.05, 3.63) is 36.5 Å². The lowest BCUT2D eigenvalue weighted by Crippen LogP contribution is -2.40. The summed E-state index contributed by atoms with van der Waals surface area (Å²) < 4.78 is 6.20. The van der Waals surface area contributed by atoms with E-state index in [4.69, 9.17) is 0 Å². The van der Waals surface area contributed by atoms with Gasteiger partial charge in [0.25, 0.3) is 0 Å². The third-order valence-electron chi connectivity index (χ3n) is 3.10. The summed E-state index contributed by atoms with van der Waals surface area (Å²) in [7, 11) is 1.23. The minimum absolute atomic E-state index is 0.123. The fourth-order valence-corrected chi connectivity index (χ4v) is 1.97. The number of methoxy groups -OCH3 is 1. The molecule has 0 radical (unpaired) electrons. The Morgan fingerprint density at radius 3 is 2.55 bits per heavy atom. The molecule has 2 aromatic rings. The number of aromatic nitrogens is 1. The Bertz CT molecular complexity index is 693. The topological polar surface area (TPSA) is 89.4 Å². The summed E-state index contributed by atoms with van der Waals surface area (Å²) in [6.07, 6.45) is 1.82. The van der Waals surface area contributed by atoms with E-state index in [1.807, 2.05) is 36.5 Å². The average Bonchev–Trinajstić information content (AvgIpc) is 2.93. The van der Waals surface area contributed by atoms with Gasteiger partial charge in [0.05, 0.1) is 13.7 Å². The minimum Gasteiger partial charge on any atom is -0.468 e. The van der Waals surface area contributed by atoms with Crippen molar-refractivity contribution in [2.24, 2.45) is 0 Å². The molecule has 2 amide bonds. The zero-order chi connectivity index (χ0) is 15.9. The quantitative estimate of drug-likeness (QED) is 0.738. The standard InChI is InChI=1S/C15H17N3O4/c1-22-15(21)9-17-13(19)8-16-14(20)10-18-7-6-11-4-2-3-5-12(11)18/h2-7H,8-10H2,1H3,(H,16,20)(H,17,19). The maximum Gasteiger partial charge on any atom is 0.325 e. The molecule has 0 spiro atoms. The second kappa shape index (κ2) is 7.26. The number of para-hydroxylation sites is 1. The highest BCUT2D eigenvalue weighted by atomic mass is 16.5. The highest BCUT2D eigenvalue weighted by molar-refractivity contribution is 5.88. The maximum absolute atomic E-state index is 11.8. The first-order valence-electron chi connectivity index (χ1n) is 6.74. The molecule has 116 valence electrons. The van der Waals surface area contributed by atoms with Crippen molar-refractivity contribution in [3.63, 3.8) is 0 Å². The second-order valence-corrected chi connectivity index (χ2v) is 4.63. The Balaban J connectivity index is 1.81. The zero-order valence-electron chi connectivity index (χ0n) is 12.2. The molecule has 0 unspecified atom stereocenters. The molecule has 0 aliphatic rings. The Labute approximate surface area is 127 Å². The molecule has 0 aliphatic carbocycles. The maximum atomic E-state index is 11.8. The van der Waals surface area contributed by atoms with Gasteiger partial charge in [-0.2, -0.15) is 0 Å². The molecule has 0 bridgehead atoms. The van der Waals surface area contributed by atoms with Crippen LogP contribution in [0.4, 0.5) is 0 Å². The summed E-state index contributed by atoms with van der Waals surface area (Å²) in [5.41, 5.74) is 0.952. The first-order valence-corrected chi connectivity index (χ1v) is 6.74. The van der Waals surface area contributed by atoms with Gasteiger partial charge in [-0.3, -0.25) is 14.4 Å². The van der Waals surface area contributed by atoms with Crippen molar-refractivity contribution in [3.8, 4) is 0 Å². The summed E-state index contributed by atoms with van der Waals surface area (Å²) >= 11 is 0. The van der Waals surface area contributed by atoms with Gasteiger partial charge >= 0.3 is 5.97 Å². The van der Waals surface area contributed by atoms with Crippen LogP contribution < -0.4 is 10.6 Å². The first kappa shape index (κ1) is 15.6. The zero-order valence-corrected chi connectivity index (χ0v) is 12.2. The van der Waals surface area contributed by atoms with Gasteiger partial charge < -0.3 is 19.9 Å². The molecule has 0 fully saturated rings. The fraction of sp³-hybridized carbons (Fsp3) is 0.267. The van der Waals surface area contributed by atoms with E-state index in [0.717, 1.165) is 10.9 Å². The van der Waals surface area contributed by atoms with Crippen molar-refractivity contribution in [1.29, 1.82) is 0 Å². The Morgan fingerprint density at radius 2 is 1.77 bits per heavy atom.